The second-order valence-electron chi connectivity index (χ2n) is 6.12. The second-order valence-corrected chi connectivity index (χ2v) is 6.50. The van der Waals surface area contributed by atoms with Gasteiger partial charge in [-0.25, -0.2) is 4.98 Å². The first-order chi connectivity index (χ1) is 12.4. The molecule has 0 aliphatic carbocycles. The molecule has 1 N–H and O–H groups in total. The van der Waals surface area contributed by atoms with Crippen LogP contribution < -0.4 is 5.32 Å². The Hall–Kier alpha value is -3.07. The van der Waals surface area contributed by atoms with Crippen molar-refractivity contribution in [2.24, 2.45) is 5.92 Å². The molecule has 1 unspecified atom stereocenters. The lowest BCUT2D eigenvalue weighted by Crippen LogP contribution is -2.35. The van der Waals surface area contributed by atoms with Gasteiger partial charge >= 0.3 is 0 Å². The smallest absolute Gasteiger partial charge is 0.276 e. The fourth-order valence-corrected chi connectivity index (χ4v) is 2.99. The van der Waals surface area contributed by atoms with Crippen molar-refractivity contribution in [3.63, 3.8) is 0 Å². The summed E-state index contributed by atoms with van der Waals surface area (Å²) in [6.07, 6.45) is 6.96. The Balaban J connectivity index is 1.68. The maximum absolute atomic E-state index is 12.6. The molecule has 134 valence electrons. The summed E-state index contributed by atoms with van der Waals surface area (Å²) in [5.74, 6) is -0.0162. The van der Waals surface area contributed by atoms with Gasteiger partial charge in [0.25, 0.3) is 11.6 Å². The number of hydrogen-bond donors (Lipinski definition) is 1. The summed E-state index contributed by atoms with van der Waals surface area (Å²) in [5, 5.41) is 14.0. The topological polar surface area (TPSA) is 93.3 Å². The van der Waals surface area contributed by atoms with Crippen LogP contribution in [0.4, 0.5) is 5.69 Å². The van der Waals surface area contributed by atoms with Crippen molar-refractivity contribution >= 4 is 35.0 Å². The van der Waals surface area contributed by atoms with Crippen molar-refractivity contribution in [3.8, 4) is 0 Å². The molecule has 0 saturated carbocycles. The number of carbonyl (C=O) groups excluding carboxylic acids is 1. The van der Waals surface area contributed by atoms with E-state index < -0.39 is 4.92 Å². The number of aromatic nitrogens is 2. The van der Waals surface area contributed by atoms with E-state index in [1.54, 1.807) is 30.7 Å². The molecule has 1 atom stereocenters. The van der Waals surface area contributed by atoms with Gasteiger partial charge in [0.1, 0.15) is 5.70 Å². The highest BCUT2D eigenvalue weighted by Gasteiger charge is 2.31. The van der Waals surface area contributed by atoms with Crippen LogP contribution in [0.3, 0.4) is 0 Å². The van der Waals surface area contributed by atoms with Crippen LogP contribution in [0, 0.1) is 16.0 Å². The third kappa shape index (κ3) is 3.94. The standard InChI is InChI=1S/C17H17N5O3S/c1-12(9-20-7-6-18-11-20)10-21-16(23)15(19-17(21)26)8-13-2-4-14(5-3-13)22(24)25/h2-8,11-12H,9-10H2,1H3,(H,19,26)/b15-8-. The number of rotatable bonds is 6. The predicted octanol–water partition coefficient (Wildman–Crippen LogP) is 2.19. The number of hydrogen-bond acceptors (Lipinski definition) is 5. The molecule has 9 heteroatoms. The van der Waals surface area contributed by atoms with Crippen molar-refractivity contribution in [3.05, 3.63) is 64.4 Å². The minimum absolute atomic E-state index is 0.00308. The Morgan fingerprint density at radius 1 is 1.35 bits per heavy atom. The highest BCUT2D eigenvalue weighted by Crippen LogP contribution is 2.18. The first-order valence-corrected chi connectivity index (χ1v) is 8.39. The van der Waals surface area contributed by atoms with Gasteiger partial charge < -0.3 is 9.88 Å². The first kappa shape index (κ1) is 17.7. The maximum Gasteiger partial charge on any atom is 0.276 e. The van der Waals surface area contributed by atoms with Crippen LogP contribution in [0.5, 0.6) is 0 Å². The Kier molecular flexibility index (Phi) is 5.08. The van der Waals surface area contributed by atoms with Crippen molar-refractivity contribution in [1.82, 2.24) is 19.8 Å². The van der Waals surface area contributed by atoms with Crippen LogP contribution in [0.1, 0.15) is 12.5 Å². The van der Waals surface area contributed by atoms with E-state index in [0.717, 1.165) is 6.54 Å². The summed E-state index contributed by atoms with van der Waals surface area (Å²) in [7, 11) is 0. The quantitative estimate of drug-likeness (QED) is 0.362. The monoisotopic (exact) mass is 371 g/mol. The number of nitro benzene ring substituents is 1. The summed E-state index contributed by atoms with van der Waals surface area (Å²) in [4.78, 5) is 28.4. The molecule has 1 saturated heterocycles. The number of benzene rings is 1. The highest BCUT2D eigenvalue weighted by molar-refractivity contribution is 7.80. The molecule has 1 aliphatic rings. The predicted molar refractivity (Wildman–Crippen MR) is 99.9 cm³/mol. The molecular formula is C17H17N5O3S. The van der Waals surface area contributed by atoms with Crippen molar-refractivity contribution in [2.45, 2.75) is 13.5 Å². The number of amides is 1. The first-order valence-electron chi connectivity index (χ1n) is 7.99. The molecule has 1 aliphatic heterocycles. The molecule has 26 heavy (non-hydrogen) atoms. The lowest BCUT2D eigenvalue weighted by Gasteiger charge is -2.19. The average Bonchev–Trinajstić information content (AvgIpc) is 3.19. The zero-order valence-corrected chi connectivity index (χ0v) is 14.8. The normalized spacial score (nSPS) is 16.8. The van der Waals surface area contributed by atoms with Crippen LogP contribution in [0.15, 0.2) is 48.7 Å². The van der Waals surface area contributed by atoms with Crippen molar-refractivity contribution in [2.75, 3.05) is 6.54 Å². The van der Waals surface area contributed by atoms with Crippen LogP contribution in [-0.2, 0) is 11.3 Å². The van der Waals surface area contributed by atoms with E-state index in [1.165, 1.54) is 17.0 Å². The molecule has 1 fully saturated rings. The Bertz CT molecular complexity index is 861. The highest BCUT2D eigenvalue weighted by atomic mass is 32.1. The number of nitro groups is 1. The molecular weight excluding hydrogens is 354 g/mol. The summed E-state index contributed by atoms with van der Waals surface area (Å²) < 4.78 is 1.95. The SMILES string of the molecule is CC(CN1C(=O)/C(=C/c2ccc([N+](=O)[O-])cc2)NC1=S)Cn1ccnc1. The van der Waals surface area contributed by atoms with E-state index in [-0.39, 0.29) is 17.5 Å². The summed E-state index contributed by atoms with van der Waals surface area (Å²) in [6.45, 7) is 3.25. The van der Waals surface area contributed by atoms with Gasteiger partial charge in [-0.05, 0) is 41.9 Å². The largest absolute Gasteiger partial charge is 0.337 e. The molecule has 0 radical (unpaired) electrons. The molecule has 0 spiro atoms. The van der Waals surface area contributed by atoms with Crippen molar-refractivity contribution < 1.29 is 9.72 Å². The number of nitrogens with zero attached hydrogens (tertiary/aromatic N) is 4. The fraction of sp³-hybridized carbons (Fsp3) is 0.235. The third-order valence-electron chi connectivity index (χ3n) is 3.95. The molecule has 1 amide bonds. The van der Waals surface area contributed by atoms with E-state index in [1.807, 2.05) is 17.7 Å². The van der Waals surface area contributed by atoms with Gasteiger partial charge in [-0.1, -0.05) is 6.92 Å². The van der Waals surface area contributed by atoms with Gasteiger partial charge in [0, 0.05) is 37.6 Å². The average molecular weight is 371 g/mol. The zero-order chi connectivity index (χ0) is 18.7. The molecule has 1 aromatic heterocycles. The Labute approximate surface area is 155 Å². The number of thiocarbonyl (C=S) groups is 1. The van der Waals surface area contributed by atoms with Crippen LogP contribution in [0.25, 0.3) is 6.08 Å². The lowest BCUT2D eigenvalue weighted by molar-refractivity contribution is -0.384. The van der Waals surface area contributed by atoms with E-state index in [2.05, 4.69) is 10.3 Å². The number of carbonyl (C=O) groups is 1. The summed E-state index contributed by atoms with van der Waals surface area (Å²) in [6, 6.07) is 5.98. The van der Waals surface area contributed by atoms with Crippen LogP contribution in [-0.4, -0.2) is 36.9 Å². The number of non-ortho nitro benzene ring substituents is 1. The third-order valence-corrected chi connectivity index (χ3v) is 4.28. The van der Waals surface area contributed by atoms with E-state index in [0.29, 0.717) is 22.9 Å². The Morgan fingerprint density at radius 3 is 2.69 bits per heavy atom. The van der Waals surface area contributed by atoms with Crippen molar-refractivity contribution in [1.29, 1.82) is 0 Å². The maximum atomic E-state index is 12.6. The van der Waals surface area contributed by atoms with Gasteiger partial charge in [0.15, 0.2) is 5.11 Å². The summed E-state index contributed by atoms with van der Waals surface area (Å²) in [5.41, 5.74) is 1.05. The van der Waals surface area contributed by atoms with Gasteiger partial charge in [0.05, 0.1) is 11.3 Å². The van der Waals surface area contributed by atoms with Gasteiger partial charge in [-0.2, -0.15) is 0 Å². The van der Waals surface area contributed by atoms with E-state index in [9.17, 15) is 14.9 Å². The van der Waals surface area contributed by atoms with E-state index >= 15 is 0 Å². The minimum Gasteiger partial charge on any atom is -0.337 e. The van der Waals surface area contributed by atoms with Crippen LogP contribution in [0.2, 0.25) is 0 Å². The molecule has 0 bridgehead atoms. The van der Waals surface area contributed by atoms with Gasteiger partial charge in [-0.15, -0.1) is 0 Å². The minimum atomic E-state index is -0.464. The van der Waals surface area contributed by atoms with Crippen LogP contribution >= 0.6 is 12.2 Å². The molecule has 3 rings (SSSR count). The van der Waals surface area contributed by atoms with Gasteiger partial charge in [-0.3, -0.25) is 19.8 Å². The fourth-order valence-electron chi connectivity index (χ4n) is 2.72. The second kappa shape index (κ2) is 7.44. The molecule has 2 aromatic rings. The number of imidazole rings is 1. The lowest BCUT2D eigenvalue weighted by atomic mass is 10.1. The van der Waals surface area contributed by atoms with Gasteiger partial charge in [0.2, 0.25) is 0 Å². The molecule has 8 nitrogen and oxygen atoms in total. The zero-order valence-electron chi connectivity index (χ0n) is 14.0. The Morgan fingerprint density at radius 2 is 2.08 bits per heavy atom. The van der Waals surface area contributed by atoms with E-state index in [4.69, 9.17) is 12.2 Å². The molecule has 1 aromatic carbocycles. The summed E-state index contributed by atoms with van der Waals surface area (Å²) >= 11 is 5.28. The number of nitrogens with one attached hydrogen (secondary N) is 1. The molecule has 2 heterocycles.